The van der Waals surface area contributed by atoms with Gasteiger partial charge >= 0.3 is 0 Å². The van der Waals surface area contributed by atoms with Crippen molar-refractivity contribution in [1.29, 1.82) is 0 Å². The minimum Gasteiger partial charge on any atom is -0.393 e. The van der Waals surface area contributed by atoms with E-state index >= 15 is 0 Å². The molecule has 0 spiro atoms. The van der Waals surface area contributed by atoms with Crippen LogP contribution in [0.2, 0.25) is 0 Å². The Labute approximate surface area is 146 Å². The van der Waals surface area contributed by atoms with Crippen LogP contribution in [0.5, 0.6) is 0 Å². The molecule has 7 nitrogen and oxygen atoms in total. The van der Waals surface area contributed by atoms with E-state index in [1.54, 1.807) is 7.11 Å². The number of aliphatic hydroxyl groups excluding tert-OH is 1. The molecule has 2 aromatic rings. The average Bonchev–Trinajstić information content (AvgIpc) is 2.97. The molecule has 2 rings (SSSR count). The zero-order valence-corrected chi connectivity index (χ0v) is 15.1. The number of thioether (sulfide) groups is 1. The monoisotopic (exact) mass is 353 g/mol. The van der Waals surface area contributed by atoms with E-state index in [2.05, 4.69) is 20.3 Å². The number of anilines is 1. The molecule has 2 heterocycles. The maximum Gasteiger partial charge on any atom is 0.151 e. The second-order valence-electron chi connectivity index (χ2n) is 5.85. The van der Waals surface area contributed by atoms with E-state index in [1.165, 1.54) is 6.33 Å². The third-order valence-corrected chi connectivity index (χ3v) is 5.19. The van der Waals surface area contributed by atoms with Gasteiger partial charge in [-0.3, -0.25) is 0 Å². The van der Waals surface area contributed by atoms with Gasteiger partial charge in [0.05, 0.1) is 11.6 Å². The molecule has 24 heavy (non-hydrogen) atoms. The third kappa shape index (κ3) is 5.34. The number of aromatic amines is 1. The molecular weight excluding hydrogens is 326 g/mol. The van der Waals surface area contributed by atoms with Gasteiger partial charge in [-0.2, -0.15) is 11.8 Å². The molecule has 0 aliphatic heterocycles. The molecule has 0 aliphatic rings. The molecular formula is C16H27N5O2S. The maximum atomic E-state index is 9.96. The predicted molar refractivity (Wildman–Crippen MR) is 99.0 cm³/mol. The molecule has 0 bridgehead atoms. The smallest absolute Gasteiger partial charge is 0.151 e. The maximum absolute atomic E-state index is 9.96. The number of methoxy groups -OCH3 is 1. The summed E-state index contributed by atoms with van der Waals surface area (Å²) in [4.78, 5) is 11.4. The summed E-state index contributed by atoms with van der Waals surface area (Å²) in [5.41, 5.74) is 8.50. The number of ether oxygens (including phenoxy) is 1. The number of aliphatic hydroxyl groups is 1. The number of nitrogens with zero attached hydrogens (tertiary/aromatic N) is 2. The molecule has 0 radical (unpaired) electrons. The van der Waals surface area contributed by atoms with Gasteiger partial charge in [0.2, 0.25) is 0 Å². The van der Waals surface area contributed by atoms with E-state index in [4.69, 9.17) is 10.5 Å². The highest BCUT2D eigenvalue weighted by atomic mass is 32.2. The van der Waals surface area contributed by atoms with Gasteiger partial charge in [0, 0.05) is 44.5 Å². The van der Waals surface area contributed by atoms with E-state index in [0.29, 0.717) is 12.4 Å². The number of rotatable bonds is 11. The van der Waals surface area contributed by atoms with Crippen LogP contribution in [0.4, 0.5) is 5.82 Å². The molecule has 0 aliphatic carbocycles. The topological polar surface area (TPSA) is 109 Å². The summed E-state index contributed by atoms with van der Waals surface area (Å²) >= 11 is 1.86. The lowest BCUT2D eigenvalue weighted by Crippen LogP contribution is -2.31. The molecule has 0 aromatic carbocycles. The van der Waals surface area contributed by atoms with Crippen molar-refractivity contribution in [3.63, 3.8) is 0 Å². The normalized spacial score (nSPS) is 14.1. The van der Waals surface area contributed by atoms with Gasteiger partial charge in [-0.15, -0.1) is 0 Å². The lowest BCUT2D eigenvalue weighted by atomic mass is 10.1. The second kappa shape index (κ2) is 9.83. The van der Waals surface area contributed by atoms with Gasteiger partial charge in [0.25, 0.3) is 0 Å². The molecule has 2 aromatic heterocycles. The highest BCUT2D eigenvalue weighted by molar-refractivity contribution is 7.99. The molecule has 134 valence electrons. The standard InChI is InChI=1S/C16H27N5O2S/c1-11(22)13(9-24-5-3-4-23-2)7-18-6-12-8-19-15-14(12)20-10-21-16(15)17/h8,10-11,13,18-19,22H,3-7,9H2,1-2H3,(H2,17,20,21)/t11-,13-/m1/s1. The van der Waals surface area contributed by atoms with Gasteiger partial charge in [-0.25, -0.2) is 9.97 Å². The quantitative estimate of drug-likeness (QED) is 0.452. The number of fused-ring (bicyclic) bond motifs is 1. The Hall–Kier alpha value is -1.35. The molecule has 0 fully saturated rings. The van der Waals surface area contributed by atoms with E-state index in [9.17, 15) is 5.11 Å². The molecule has 8 heteroatoms. The molecule has 0 unspecified atom stereocenters. The van der Waals surface area contributed by atoms with Gasteiger partial charge in [-0.05, 0) is 24.9 Å². The Bertz CT molecular complexity index is 620. The van der Waals surface area contributed by atoms with E-state index in [1.807, 2.05) is 24.9 Å². The van der Waals surface area contributed by atoms with Gasteiger partial charge in [0.15, 0.2) is 5.82 Å². The number of H-pyrrole nitrogens is 1. The summed E-state index contributed by atoms with van der Waals surface area (Å²) in [7, 11) is 1.72. The van der Waals surface area contributed by atoms with E-state index in [0.717, 1.165) is 47.7 Å². The summed E-state index contributed by atoms with van der Waals surface area (Å²) in [5, 5.41) is 13.4. The van der Waals surface area contributed by atoms with Crippen molar-refractivity contribution in [2.75, 3.05) is 37.5 Å². The lowest BCUT2D eigenvalue weighted by molar-refractivity contribution is 0.136. The SMILES string of the molecule is COCCCSC[C@@H](CNCc1c[nH]c2c(N)ncnc12)[C@@H](C)O. The Morgan fingerprint density at radius 2 is 2.29 bits per heavy atom. The summed E-state index contributed by atoms with van der Waals surface area (Å²) in [5.74, 6) is 2.65. The summed E-state index contributed by atoms with van der Waals surface area (Å²) in [6, 6.07) is 0. The molecule has 0 saturated carbocycles. The van der Waals surface area contributed by atoms with Crippen molar-refractivity contribution in [1.82, 2.24) is 20.3 Å². The van der Waals surface area contributed by atoms with Crippen molar-refractivity contribution in [2.24, 2.45) is 5.92 Å². The Morgan fingerprint density at radius 3 is 3.04 bits per heavy atom. The zero-order valence-electron chi connectivity index (χ0n) is 14.3. The number of hydrogen-bond donors (Lipinski definition) is 4. The fraction of sp³-hybridized carbons (Fsp3) is 0.625. The lowest BCUT2D eigenvalue weighted by Gasteiger charge is -2.20. The van der Waals surface area contributed by atoms with E-state index in [-0.39, 0.29) is 12.0 Å². The number of nitrogens with one attached hydrogen (secondary N) is 2. The van der Waals surface area contributed by atoms with Crippen LogP contribution in [-0.2, 0) is 11.3 Å². The average molecular weight is 353 g/mol. The van der Waals surface area contributed by atoms with Crippen molar-refractivity contribution < 1.29 is 9.84 Å². The minimum atomic E-state index is -0.339. The van der Waals surface area contributed by atoms with Gasteiger partial charge < -0.3 is 25.9 Å². The molecule has 2 atom stereocenters. The fourth-order valence-corrected chi connectivity index (χ4v) is 3.64. The minimum absolute atomic E-state index is 0.211. The summed E-state index contributed by atoms with van der Waals surface area (Å²) < 4.78 is 5.05. The van der Waals surface area contributed by atoms with Crippen molar-refractivity contribution in [3.05, 3.63) is 18.1 Å². The highest BCUT2D eigenvalue weighted by Crippen LogP contribution is 2.19. The number of nitrogens with two attached hydrogens (primary N) is 1. The first-order valence-corrected chi connectivity index (χ1v) is 9.30. The number of nitrogen functional groups attached to an aromatic ring is 1. The van der Waals surface area contributed by atoms with Crippen LogP contribution >= 0.6 is 11.8 Å². The van der Waals surface area contributed by atoms with Crippen LogP contribution in [0.15, 0.2) is 12.5 Å². The highest BCUT2D eigenvalue weighted by Gasteiger charge is 2.15. The molecule has 0 amide bonds. The van der Waals surface area contributed by atoms with Crippen LogP contribution in [0.3, 0.4) is 0 Å². The fourth-order valence-electron chi connectivity index (χ4n) is 2.45. The second-order valence-corrected chi connectivity index (χ2v) is 7.00. The summed E-state index contributed by atoms with van der Waals surface area (Å²) in [6.45, 7) is 4.06. The Kier molecular flexibility index (Phi) is 7.77. The molecule has 5 N–H and O–H groups in total. The van der Waals surface area contributed by atoms with Crippen LogP contribution in [0, 0.1) is 5.92 Å². The molecule has 0 saturated heterocycles. The first-order valence-electron chi connectivity index (χ1n) is 8.15. The van der Waals surface area contributed by atoms with Crippen LogP contribution < -0.4 is 11.1 Å². The van der Waals surface area contributed by atoms with Crippen LogP contribution in [-0.4, -0.2) is 57.9 Å². The summed E-state index contributed by atoms with van der Waals surface area (Å²) in [6.07, 6.45) is 4.08. The third-order valence-electron chi connectivity index (χ3n) is 3.94. The van der Waals surface area contributed by atoms with Crippen LogP contribution in [0.1, 0.15) is 18.9 Å². The van der Waals surface area contributed by atoms with Crippen molar-refractivity contribution >= 4 is 28.6 Å². The largest absolute Gasteiger partial charge is 0.393 e. The predicted octanol–water partition coefficient (Wildman–Crippen LogP) is 1.40. The van der Waals surface area contributed by atoms with Gasteiger partial charge in [-0.1, -0.05) is 0 Å². The van der Waals surface area contributed by atoms with Crippen molar-refractivity contribution in [3.8, 4) is 0 Å². The van der Waals surface area contributed by atoms with Gasteiger partial charge in [0.1, 0.15) is 11.8 Å². The first-order chi connectivity index (χ1) is 11.6. The first kappa shape index (κ1) is 19.0. The number of hydrogen-bond acceptors (Lipinski definition) is 7. The van der Waals surface area contributed by atoms with Crippen LogP contribution in [0.25, 0.3) is 11.0 Å². The Balaban J connectivity index is 1.80. The number of aromatic nitrogens is 3. The Morgan fingerprint density at radius 1 is 1.46 bits per heavy atom. The van der Waals surface area contributed by atoms with Crippen molar-refractivity contribution in [2.45, 2.75) is 26.0 Å². The van der Waals surface area contributed by atoms with E-state index < -0.39 is 0 Å². The zero-order chi connectivity index (χ0) is 17.4.